The topological polar surface area (TPSA) is 89.6 Å². The minimum atomic E-state index is -3.56. The number of benzene rings is 1. The van der Waals surface area contributed by atoms with Crippen molar-refractivity contribution >= 4 is 27.0 Å². The minimum Gasteiger partial charge on any atom is -0.331 e. The second-order valence-corrected chi connectivity index (χ2v) is 9.81. The molecule has 0 spiro atoms. The Morgan fingerprint density at radius 3 is 2.53 bits per heavy atom. The molecular weight excluding hydrogens is 426 g/mol. The fourth-order valence-electron chi connectivity index (χ4n) is 3.68. The first-order valence-electron chi connectivity index (χ1n) is 10.9. The van der Waals surface area contributed by atoms with Crippen LogP contribution in [-0.4, -0.2) is 51.9 Å². The van der Waals surface area contributed by atoms with E-state index in [-0.39, 0.29) is 23.3 Å². The summed E-state index contributed by atoms with van der Waals surface area (Å²) in [5, 5.41) is 0. The van der Waals surface area contributed by atoms with Crippen LogP contribution in [0.5, 0.6) is 0 Å². The highest BCUT2D eigenvalue weighted by molar-refractivity contribution is 7.89. The van der Waals surface area contributed by atoms with Gasteiger partial charge in [0.15, 0.2) is 0 Å². The first-order valence-corrected chi connectivity index (χ1v) is 12.3. The number of nitrogens with zero attached hydrogens (tertiary/aromatic N) is 5. The quantitative estimate of drug-likeness (QED) is 0.520. The highest BCUT2D eigenvalue weighted by Crippen LogP contribution is 2.22. The first kappa shape index (κ1) is 23.9. The molecule has 0 N–H and O–H groups in total. The molecule has 0 bridgehead atoms. The third-order valence-corrected chi connectivity index (χ3v) is 7.39. The standard InChI is InChI=1S/C23H31N5O3S/c1-6-27(7-2)32(30,31)18-11-12-20-19(16-18)25-21(26(20)5)13-14-23(29)28-15-9-8-10-22(28)24-17(3)4/h8-12,15-17H,6-7,13-14H2,1-5H3. The van der Waals surface area contributed by atoms with E-state index in [1.54, 1.807) is 29.0 Å². The van der Waals surface area contributed by atoms with Gasteiger partial charge in [-0.3, -0.25) is 14.4 Å². The van der Waals surface area contributed by atoms with E-state index in [1.165, 1.54) is 4.31 Å². The normalized spacial score (nSPS) is 12.9. The molecule has 2 heterocycles. The number of rotatable bonds is 8. The molecule has 3 rings (SSSR count). The van der Waals surface area contributed by atoms with E-state index in [0.717, 1.165) is 11.3 Å². The molecule has 172 valence electrons. The van der Waals surface area contributed by atoms with Crippen molar-refractivity contribution in [2.24, 2.45) is 12.0 Å². The molecule has 0 unspecified atom stereocenters. The molecule has 0 radical (unpaired) electrons. The number of carbonyl (C=O) groups excluding carboxylic acids is 1. The van der Waals surface area contributed by atoms with Crippen LogP contribution in [0.15, 0.2) is 52.5 Å². The molecule has 0 aliphatic rings. The molecule has 9 heteroatoms. The van der Waals surface area contributed by atoms with Gasteiger partial charge in [-0.05, 0) is 44.2 Å². The lowest BCUT2D eigenvalue weighted by Crippen LogP contribution is -2.30. The summed E-state index contributed by atoms with van der Waals surface area (Å²) in [6, 6.07) is 10.6. The summed E-state index contributed by atoms with van der Waals surface area (Å²) in [4.78, 5) is 22.2. The molecule has 0 atom stereocenters. The average molecular weight is 458 g/mol. The van der Waals surface area contributed by atoms with Gasteiger partial charge in [0.25, 0.3) is 0 Å². The molecule has 2 aromatic heterocycles. The van der Waals surface area contributed by atoms with E-state index >= 15 is 0 Å². The molecule has 32 heavy (non-hydrogen) atoms. The summed E-state index contributed by atoms with van der Waals surface area (Å²) in [5.41, 5.74) is 2.06. The maximum atomic E-state index is 12.9. The lowest BCUT2D eigenvalue weighted by molar-refractivity contribution is 0.0896. The monoisotopic (exact) mass is 457 g/mol. The summed E-state index contributed by atoms with van der Waals surface area (Å²) < 4.78 is 30.6. The molecular formula is C23H31N5O3S. The lowest BCUT2D eigenvalue weighted by Gasteiger charge is -2.18. The van der Waals surface area contributed by atoms with E-state index in [2.05, 4.69) is 9.98 Å². The Bertz CT molecular complexity index is 1280. The highest BCUT2D eigenvalue weighted by atomic mass is 32.2. The number of aryl methyl sites for hydroxylation is 2. The van der Waals surface area contributed by atoms with Crippen LogP contribution in [0.4, 0.5) is 0 Å². The summed E-state index contributed by atoms with van der Waals surface area (Å²) in [7, 11) is -1.68. The number of sulfonamides is 1. The molecule has 0 saturated carbocycles. The Labute approximate surface area is 189 Å². The largest absolute Gasteiger partial charge is 0.331 e. The van der Waals surface area contributed by atoms with Crippen molar-refractivity contribution in [2.75, 3.05) is 13.1 Å². The predicted molar refractivity (Wildman–Crippen MR) is 125 cm³/mol. The van der Waals surface area contributed by atoms with Gasteiger partial charge in [0.1, 0.15) is 11.3 Å². The Kier molecular flexibility index (Phi) is 7.30. The van der Waals surface area contributed by atoms with Gasteiger partial charge >= 0.3 is 0 Å². The van der Waals surface area contributed by atoms with Gasteiger partial charge in [-0.1, -0.05) is 19.9 Å². The molecule has 0 amide bonds. The highest BCUT2D eigenvalue weighted by Gasteiger charge is 2.23. The zero-order valence-electron chi connectivity index (χ0n) is 19.3. The smallest absolute Gasteiger partial charge is 0.243 e. The Morgan fingerprint density at radius 1 is 1.16 bits per heavy atom. The summed E-state index contributed by atoms with van der Waals surface area (Å²) in [6.45, 7) is 8.40. The number of imidazole rings is 1. The predicted octanol–water partition coefficient (Wildman–Crippen LogP) is 2.99. The van der Waals surface area contributed by atoms with Crippen molar-refractivity contribution in [1.82, 2.24) is 18.4 Å². The summed E-state index contributed by atoms with van der Waals surface area (Å²) in [6.07, 6.45) is 2.42. The van der Waals surface area contributed by atoms with Gasteiger partial charge in [0.2, 0.25) is 15.9 Å². The van der Waals surface area contributed by atoms with Gasteiger partial charge in [-0.15, -0.1) is 0 Å². The van der Waals surface area contributed by atoms with E-state index in [9.17, 15) is 13.2 Å². The van der Waals surface area contributed by atoms with Crippen molar-refractivity contribution in [2.45, 2.75) is 51.5 Å². The van der Waals surface area contributed by atoms with E-state index < -0.39 is 10.0 Å². The molecule has 0 saturated heterocycles. The number of fused-ring (bicyclic) bond motifs is 1. The summed E-state index contributed by atoms with van der Waals surface area (Å²) in [5.74, 6) is 0.659. The van der Waals surface area contributed by atoms with Crippen molar-refractivity contribution in [3.05, 3.63) is 53.9 Å². The van der Waals surface area contributed by atoms with Crippen LogP contribution in [-0.2, 0) is 23.5 Å². The third kappa shape index (κ3) is 4.83. The zero-order chi connectivity index (χ0) is 23.5. The van der Waals surface area contributed by atoms with Crippen LogP contribution < -0.4 is 5.49 Å². The number of hydrogen-bond acceptors (Lipinski definition) is 5. The maximum Gasteiger partial charge on any atom is 0.243 e. The van der Waals surface area contributed by atoms with Crippen LogP contribution in [0, 0.1) is 0 Å². The minimum absolute atomic E-state index is 0.0677. The molecule has 8 nitrogen and oxygen atoms in total. The maximum absolute atomic E-state index is 12.9. The lowest BCUT2D eigenvalue weighted by atomic mass is 10.2. The van der Waals surface area contributed by atoms with E-state index in [1.807, 2.05) is 57.5 Å². The Balaban J connectivity index is 1.87. The molecule has 3 aromatic rings. The second-order valence-electron chi connectivity index (χ2n) is 7.87. The van der Waals surface area contributed by atoms with Crippen LogP contribution in [0.3, 0.4) is 0 Å². The van der Waals surface area contributed by atoms with Crippen molar-refractivity contribution in [3.8, 4) is 0 Å². The zero-order valence-corrected chi connectivity index (χ0v) is 20.1. The second kappa shape index (κ2) is 9.79. The van der Waals surface area contributed by atoms with Crippen LogP contribution in [0.25, 0.3) is 11.0 Å². The fraction of sp³-hybridized carbons (Fsp3) is 0.435. The van der Waals surface area contributed by atoms with Crippen molar-refractivity contribution < 1.29 is 13.2 Å². The third-order valence-electron chi connectivity index (χ3n) is 5.35. The molecule has 1 aromatic carbocycles. The first-order chi connectivity index (χ1) is 15.2. The number of carbonyl (C=O) groups is 1. The van der Waals surface area contributed by atoms with Crippen LogP contribution >= 0.6 is 0 Å². The van der Waals surface area contributed by atoms with Crippen LogP contribution in [0.1, 0.15) is 44.7 Å². The van der Waals surface area contributed by atoms with E-state index in [0.29, 0.717) is 30.5 Å². The van der Waals surface area contributed by atoms with Gasteiger partial charge in [-0.2, -0.15) is 4.31 Å². The Morgan fingerprint density at radius 2 is 1.88 bits per heavy atom. The SMILES string of the molecule is CCN(CC)S(=O)(=O)c1ccc2c(c1)nc(CCC(=O)n1ccccc1=NC(C)C)n2C. The molecule has 0 fully saturated rings. The number of pyridine rings is 1. The molecule has 0 aliphatic carbocycles. The van der Waals surface area contributed by atoms with E-state index in [4.69, 9.17) is 0 Å². The number of aromatic nitrogens is 3. The van der Waals surface area contributed by atoms with Gasteiger partial charge in [0.05, 0.1) is 15.9 Å². The van der Waals surface area contributed by atoms with Gasteiger partial charge < -0.3 is 4.57 Å². The molecule has 0 aliphatic heterocycles. The Hall–Kier alpha value is -2.78. The summed E-state index contributed by atoms with van der Waals surface area (Å²) >= 11 is 0. The number of hydrogen-bond donors (Lipinski definition) is 0. The van der Waals surface area contributed by atoms with Crippen LogP contribution in [0.2, 0.25) is 0 Å². The van der Waals surface area contributed by atoms with Crippen molar-refractivity contribution in [1.29, 1.82) is 0 Å². The average Bonchev–Trinajstić information content (AvgIpc) is 3.07. The van der Waals surface area contributed by atoms with Gasteiger partial charge in [0, 0.05) is 45.2 Å². The van der Waals surface area contributed by atoms with Gasteiger partial charge in [-0.25, -0.2) is 13.4 Å². The fourth-order valence-corrected chi connectivity index (χ4v) is 5.16. The van der Waals surface area contributed by atoms with Crippen molar-refractivity contribution in [3.63, 3.8) is 0 Å².